The predicted octanol–water partition coefficient (Wildman–Crippen LogP) is 1.06. The van der Waals surface area contributed by atoms with Gasteiger partial charge in [0.25, 0.3) is 0 Å². The zero-order chi connectivity index (χ0) is 11.8. The minimum atomic E-state index is -2.98. The van der Waals surface area contributed by atoms with Gasteiger partial charge in [0.2, 0.25) is 0 Å². The van der Waals surface area contributed by atoms with Crippen LogP contribution in [0.25, 0.3) is 0 Å². The third-order valence-corrected chi connectivity index (χ3v) is 4.75. The Hall–Kier alpha value is -0.940. The summed E-state index contributed by atoms with van der Waals surface area (Å²) in [5.41, 5.74) is 6.77. The summed E-state index contributed by atoms with van der Waals surface area (Å²) in [7, 11) is -2.98. The van der Waals surface area contributed by atoms with Crippen molar-refractivity contribution in [3.8, 4) is 0 Å². The van der Waals surface area contributed by atoms with Gasteiger partial charge in [-0.15, -0.1) is 0 Å². The first-order valence-corrected chi connectivity index (χ1v) is 7.01. The Kier molecular flexibility index (Phi) is 2.99. The smallest absolute Gasteiger partial charge is 0.151 e. The predicted molar refractivity (Wildman–Crippen MR) is 60.4 cm³/mol. The van der Waals surface area contributed by atoms with E-state index in [0.717, 1.165) is 5.56 Å². The van der Waals surface area contributed by atoms with Crippen molar-refractivity contribution in [2.24, 2.45) is 5.73 Å². The number of halogens is 1. The number of hydrogen-bond donors (Lipinski definition) is 1. The highest BCUT2D eigenvalue weighted by molar-refractivity contribution is 7.91. The van der Waals surface area contributed by atoms with Crippen LogP contribution in [0.3, 0.4) is 0 Å². The molecule has 0 saturated carbocycles. The molecule has 2 N–H and O–H groups in total. The van der Waals surface area contributed by atoms with Crippen LogP contribution in [0, 0.1) is 5.82 Å². The number of sulfone groups is 1. The van der Waals surface area contributed by atoms with Crippen LogP contribution in [0.2, 0.25) is 0 Å². The van der Waals surface area contributed by atoms with Gasteiger partial charge in [-0.3, -0.25) is 0 Å². The second kappa shape index (κ2) is 4.14. The molecule has 1 fully saturated rings. The molecule has 0 bridgehead atoms. The first-order valence-electron chi connectivity index (χ1n) is 5.19. The Bertz CT molecular complexity index is 469. The molecule has 1 aromatic rings. The fourth-order valence-electron chi connectivity index (χ4n) is 2.14. The van der Waals surface area contributed by atoms with Crippen molar-refractivity contribution >= 4 is 9.84 Å². The standard InChI is InChI=1S/C11H14FNO2S/c12-9-3-1-8(2-4-9)10-5-6-16(14,15)7-11(10)13/h1-4,10-11H,5-7,13H2. The molecule has 0 radical (unpaired) electrons. The average molecular weight is 243 g/mol. The van der Waals surface area contributed by atoms with E-state index < -0.39 is 9.84 Å². The first kappa shape index (κ1) is 11.5. The van der Waals surface area contributed by atoms with E-state index >= 15 is 0 Å². The van der Waals surface area contributed by atoms with Crippen molar-refractivity contribution in [1.82, 2.24) is 0 Å². The summed E-state index contributed by atoms with van der Waals surface area (Å²) >= 11 is 0. The first-order chi connectivity index (χ1) is 7.48. The molecule has 2 atom stereocenters. The maximum absolute atomic E-state index is 12.7. The maximum atomic E-state index is 12.7. The van der Waals surface area contributed by atoms with E-state index in [9.17, 15) is 12.8 Å². The largest absolute Gasteiger partial charge is 0.326 e. The average Bonchev–Trinajstić information content (AvgIpc) is 2.19. The zero-order valence-electron chi connectivity index (χ0n) is 8.77. The lowest BCUT2D eigenvalue weighted by Crippen LogP contribution is -2.41. The molecule has 0 aliphatic carbocycles. The third kappa shape index (κ3) is 2.41. The molecule has 5 heteroatoms. The topological polar surface area (TPSA) is 60.2 Å². The molecule has 1 aromatic carbocycles. The van der Waals surface area contributed by atoms with Gasteiger partial charge in [-0.05, 0) is 24.1 Å². The Labute approximate surface area is 94.4 Å². The minimum absolute atomic E-state index is 0.0177. The molecule has 1 heterocycles. The van der Waals surface area contributed by atoms with E-state index in [2.05, 4.69) is 0 Å². The number of nitrogens with two attached hydrogens (primary N) is 1. The SMILES string of the molecule is NC1CS(=O)(=O)CCC1c1ccc(F)cc1. The highest BCUT2D eigenvalue weighted by Crippen LogP contribution is 2.28. The van der Waals surface area contributed by atoms with Crippen LogP contribution >= 0.6 is 0 Å². The molecular formula is C11H14FNO2S. The molecule has 2 rings (SSSR count). The molecule has 1 aliphatic heterocycles. The second-order valence-electron chi connectivity index (χ2n) is 4.22. The van der Waals surface area contributed by atoms with Crippen LogP contribution in [-0.2, 0) is 9.84 Å². The Morgan fingerprint density at radius 2 is 1.88 bits per heavy atom. The van der Waals surface area contributed by atoms with E-state index in [0.29, 0.717) is 6.42 Å². The van der Waals surface area contributed by atoms with Gasteiger partial charge in [0.1, 0.15) is 5.82 Å². The van der Waals surface area contributed by atoms with Gasteiger partial charge in [-0.2, -0.15) is 0 Å². The monoisotopic (exact) mass is 243 g/mol. The number of benzene rings is 1. The van der Waals surface area contributed by atoms with E-state index in [1.54, 1.807) is 12.1 Å². The lowest BCUT2D eigenvalue weighted by atomic mass is 9.90. The summed E-state index contributed by atoms with van der Waals surface area (Å²) in [6, 6.07) is 5.73. The summed E-state index contributed by atoms with van der Waals surface area (Å²) in [5, 5.41) is 0. The fraction of sp³-hybridized carbons (Fsp3) is 0.455. The number of rotatable bonds is 1. The second-order valence-corrected chi connectivity index (χ2v) is 6.45. The van der Waals surface area contributed by atoms with Crippen molar-refractivity contribution < 1.29 is 12.8 Å². The van der Waals surface area contributed by atoms with E-state index in [1.165, 1.54) is 12.1 Å². The van der Waals surface area contributed by atoms with Crippen molar-refractivity contribution in [3.05, 3.63) is 35.6 Å². The van der Waals surface area contributed by atoms with Crippen LogP contribution in [0.4, 0.5) is 4.39 Å². The van der Waals surface area contributed by atoms with E-state index in [4.69, 9.17) is 5.73 Å². The van der Waals surface area contributed by atoms with Crippen LogP contribution in [0.15, 0.2) is 24.3 Å². The van der Waals surface area contributed by atoms with E-state index in [1.807, 2.05) is 0 Å². The lowest BCUT2D eigenvalue weighted by molar-refractivity contribution is 0.504. The summed E-state index contributed by atoms with van der Waals surface area (Å²) in [6.45, 7) is 0. The Morgan fingerprint density at radius 3 is 2.44 bits per heavy atom. The lowest BCUT2D eigenvalue weighted by Gasteiger charge is -2.28. The van der Waals surface area contributed by atoms with Crippen LogP contribution in [-0.4, -0.2) is 26.0 Å². The number of hydrogen-bond acceptors (Lipinski definition) is 3. The van der Waals surface area contributed by atoms with Crippen LogP contribution in [0.1, 0.15) is 17.9 Å². The molecule has 2 unspecified atom stereocenters. The van der Waals surface area contributed by atoms with Gasteiger partial charge in [-0.1, -0.05) is 12.1 Å². The van der Waals surface area contributed by atoms with Gasteiger partial charge >= 0.3 is 0 Å². The molecule has 16 heavy (non-hydrogen) atoms. The van der Waals surface area contributed by atoms with Gasteiger partial charge in [0, 0.05) is 12.0 Å². The Morgan fingerprint density at radius 1 is 1.25 bits per heavy atom. The van der Waals surface area contributed by atoms with Gasteiger partial charge in [0.05, 0.1) is 11.5 Å². The van der Waals surface area contributed by atoms with Crippen molar-refractivity contribution in [2.75, 3.05) is 11.5 Å². The van der Waals surface area contributed by atoms with Crippen molar-refractivity contribution in [2.45, 2.75) is 18.4 Å². The quantitative estimate of drug-likeness (QED) is 0.802. The molecule has 0 aromatic heterocycles. The molecular weight excluding hydrogens is 229 g/mol. The third-order valence-electron chi connectivity index (χ3n) is 3.00. The highest BCUT2D eigenvalue weighted by atomic mass is 32.2. The summed E-state index contributed by atoms with van der Waals surface area (Å²) in [4.78, 5) is 0. The molecule has 3 nitrogen and oxygen atoms in total. The van der Waals surface area contributed by atoms with Crippen molar-refractivity contribution in [3.63, 3.8) is 0 Å². The summed E-state index contributed by atoms with van der Waals surface area (Å²) in [6.07, 6.45) is 0.523. The fourth-order valence-corrected chi connectivity index (χ4v) is 3.74. The molecule has 88 valence electrons. The van der Waals surface area contributed by atoms with E-state index in [-0.39, 0.29) is 29.3 Å². The van der Waals surface area contributed by atoms with Gasteiger partial charge in [0.15, 0.2) is 9.84 Å². The normalized spacial score (nSPS) is 28.9. The summed E-state index contributed by atoms with van der Waals surface area (Å²) in [5.74, 6) is -0.0810. The minimum Gasteiger partial charge on any atom is -0.326 e. The van der Waals surface area contributed by atoms with Gasteiger partial charge in [-0.25, -0.2) is 12.8 Å². The molecule has 0 amide bonds. The highest BCUT2D eigenvalue weighted by Gasteiger charge is 2.31. The molecule has 1 aliphatic rings. The zero-order valence-corrected chi connectivity index (χ0v) is 9.58. The van der Waals surface area contributed by atoms with Gasteiger partial charge < -0.3 is 5.73 Å². The summed E-state index contributed by atoms with van der Waals surface area (Å²) < 4.78 is 35.5. The maximum Gasteiger partial charge on any atom is 0.151 e. The molecule has 1 saturated heterocycles. The van der Waals surface area contributed by atoms with Crippen LogP contribution in [0.5, 0.6) is 0 Å². The van der Waals surface area contributed by atoms with Crippen LogP contribution < -0.4 is 5.73 Å². The Balaban J connectivity index is 2.20. The van der Waals surface area contributed by atoms with Crippen molar-refractivity contribution in [1.29, 1.82) is 0 Å². The molecule has 0 spiro atoms.